The number of esters is 1. The highest BCUT2D eigenvalue weighted by atomic mass is 35.5. The number of halogens is 3. The molecule has 0 spiro atoms. The minimum atomic E-state index is -0.435. The van der Waals surface area contributed by atoms with Gasteiger partial charge in [-0.05, 0) is 159 Å². The Hall–Kier alpha value is -17.3. The molecule has 44 heteroatoms. The molecular formula is C99H89Cl3N30O10S. The molecular weight excluding hydrogens is 1910 g/mol. The van der Waals surface area contributed by atoms with Crippen molar-refractivity contribution in [2.75, 3.05) is 95.9 Å². The van der Waals surface area contributed by atoms with Crippen molar-refractivity contribution in [2.24, 2.45) is 14.1 Å². The van der Waals surface area contributed by atoms with Gasteiger partial charge in [0.05, 0.1) is 81.9 Å². The van der Waals surface area contributed by atoms with Crippen LogP contribution in [0.1, 0.15) is 63.8 Å². The van der Waals surface area contributed by atoms with Crippen LogP contribution in [0.4, 0.5) is 52.2 Å². The highest BCUT2D eigenvalue weighted by Gasteiger charge is 2.30. The zero-order chi connectivity index (χ0) is 100. The van der Waals surface area contributed by atoms with Gasteiger partial charge in [-0.25, -0.2) is 54.6 Å². The lowest BCUT2D eigenvalue weighted by Crippen LogP contribution is -2.41. The number of piperidine rings is 1. The molecule has 2 aliphatic heterocycles. The number of hydrogen-bond acceptors (Lipinski definition) is 31. The highest BCUT2D eigenvalue weighted by molar-refractivity contribution is 7.15. The SMILES string of the molecule is CCOC(=O)c1ccc(CC(=O)Nc2nc(-c3cc(Cl)c4[nH]ncc4c3)c(-c3ccn(C)n3)nc2N)cc1.CNc1ccc(C(=O)Nc2nc(-c3ccc4c(=O)[nH]ccc4c3)c(-c3ncc(C)s3)nc2N)cc1.Cn1cnc(-c2nc(N)c(NC(=O)CN3CCCCC3=O)nc2-c2cc(Cl)c3ncccc3c2)c1.Nc1nc(-n2ccccc2=O)c(-c2cc(Cl)c3ncccc3c2)nc1NC(=O)CN1CCC(O)C1. The van der Waals surface area contributed by atoms with Crippen LogP contribution < -0.4 is 60.6 Å². The van der Waals surface area contributed by atoms with Gasteiger partial charge in [-0.3, -0.25) is 62.8 Å². The molecule has 0 bridgehead atoms. The maximum atomic E-state index is 12.9. The van der Waals surface area contributed by atoms with Crippen LogP contribution in [0.3, 0.4) is 0 Å². The molecule has 2 aliphatic rings. The molecule has 2 saturated heterocycles. The van der Waals surface area contributed by atoms with E-state index in [1.807, 2.05) is 67.4 Å². The molecule has 0 aliphatic carbocycles. The number of aliphatic hydroxyl groups excluding tert-OH is 1. The minimum absolute atomic E-state index is 0.0314. The summed E-state index contributed by atoms with van der Waals surface area (Å²) in [5, 5.41) is 40.7. The van der Waals surface area contributed by atoms with Crippen LogP contribution in [0.15, 0.2) is 223 Å². The van der Waals surface area contributed by atoms with E-state index in [-0.39, 0.29) is 113 Å². The molecule has 2 fully saturated rings. The number of hydrogen-bond donors (Lipinski definition) is 12. The van der Waals surface area contributed by atoms with Gasteiger partial charge < -0.3 is 73.8 Å². The fourth-order valence-electron chi connectivity index (χ4n) is 15.8. The summed E-state index contributed by atoms with van der Waals surface area (Å²) < 4.78 is 9.76. The van der Waals surface area contributed by atoms with Gasteiger partial charge in [-0.15, -0.1) is 11.3 Å². The van der Waals surface area contributed by atoms with Gasteiger partial charge >= 0.3 is 5.97 Å². The minimum Gasteiger partial charge on any atom is -0.462 e. The van der Waals surface area contributed by atoms with Gasteiger partial charge in [0.2, 0.25) is 23.6 Å². The number of pyridine rings is 4. The van der Waals surface area contributed by atoms with E-state index in [0.29, 0.717) is 165 Å². The van der Waals surface area contributed by atoms with Crippen molar-refractivity contribution < 1.29 is 38.6 Å². The predicted molar refractivity (Wildman–Crippen MR) is 550 cm³/mol. The second kappa shape index (κ2) is 43.0. The van der Waals surface area contributed by atoms with Crippen LogP contribution in [0, 0.1) is 6.92 Å². The van der Waals surface area contributed by atoms with Crippen molar-refractivity contribution in [3.63, 3.8) is 0 Å². The Kier molecular flexibility index (Phi) is 29.3. The van der Waals surface area contributed by atoms with Gasteiger partial charge in [0.15, 0.2) is 52.4 Å². The van der Waals surface area contributed by atoms with Gasteiger partial charge in [0.1, 0.15) is 56.3 Å². The number of nitrogen functional groups attached to an aromatic ring is 4. The highest BCUT2D eigenvalue weighted by Crippen LogP contribution is 2.41. The van der Waals surface area contributed by atoms with E-state index < -0.39 is 18.0 Å². The molecule has 722 valence electrons. The summed E-state index contributed by atoms with van der Waals surface area (Å²) in [4.78, 5) is 161. The number of fused-ring (bicyclic) bond motifs is 4. The Morgan fingerprint density at radius 1 is 0.566 bits per heavy atom. The number of ether oxygens (including phenoxy) is 1. The monoisotopic (exact) mass is 1990 g/mol. The summed E-state index contributed by atoms with van der Waals surface area (Å²) in [6, 6.07) is 45.5. The van der Waals surface area contributed by atoms with Crippen molar-refractivity contribution >= 4 is 177 Å². The normalized spacial score (nSPS) is 12.9. The molecule has 20 rings (SSSR count). The lowest BCUT2D eigenvalue weighted by molar-refractivity contribution is -0.136. The standard InChI is InChI=1S/C26H23ClN8O3.C25H21N7O2S.C24H23ClN8O2.C24H22ClN7O3/c1-3-38-26(37)15-6-4-14(5-7-15)10-20(36)30-25-24(28)31-23(19-8-9-35(2)34-19)22(32-25)16-11-17-13-29-33-21(17)18(27)12-16;1-13-12-29-25(35-13)20-19(16-5-8-18-15(11-16)9-10-28-24(18)34)31-22(21(26)30-20)32-23(33)14-3-6-17(27-2)7-4-14;1-32-11-17(28-13-32)22-21(15-9-14-5-4-7-27-20(14)16(25)10-15)31-24(23(26)30-22)29-18(34)12-33-8-3-2-6-19(33)35;25-17-11-15(10-14-4-3-7-27-20(14)17)21-24(32-8-2-1-5-19(32)35)30-22(26)23(29-21)28-18(34)13-31-9-6-16(33)12-31/h4-9,11-13H,3,10H2,1-2H3,(H2,28,31)(H,29,33)(H,30,32,36);3-12,27H,1-2H3,(H2,26,30)(H,28,34)(H,31,32,33);4-5,7,9-11,13H,2-3,6,8,12H2,1H3,(H2,26,30)(H,29,31,34);1-5,7-8,10-11,16,33H,6,9,12-13H2,(H2,26,30)(H,28,29,34). The number of likely N-dealkylation sites (tertiary alicyclic amines) is 2. The summed E-state index contributed by atoms with van der Waals surface area (Å²) in [5.74, 6) is -1.13. The van der Waals surface area contributed by atoms with Crippen LogP contribution >= 0.6 is 46.1 Å². The first-order valence-corrected chi connectivity index (χ1v) is 46.5. The number of anilines is 9. The smallest absolute Gasteiger partial charge is 0.338 e. The Morgan fingerprint density at radius 3 is 1.78 bits per heavy atom. The topological polar surface area (TPSA) is 564 Å². The van der Waals surface area contributed by atoms with E-state index in [4.69, 9.17) is 67.5 Å². The van der Waals surface area contributed by atoms with Crippen molar-refractivity contribution in [1.82, 2.24) is 104 Å². The Labute approximate surface area is 831 Å². The fourth-order valence-corrected chi connectivity index (χ4v) is 17.4. The number of carbonyl (C=O) groups excluding carboxylic acids is 6. The number of carbonyl (C=O) groups is 6. The number of amides is 5. The van der Waals surface area contributed by atoms with Crippen molar-refractivity contribution in [2.45, 2.75) is 52.1 Å². The number of aromatic amines is 2. The summed E-state index contributed by atoms with van der Waals surface area (Å²) in [6.07, 6.45) is 17.5. The molecule has 0 saturated carbocycles. The Bertz CT molecular complexity index is 8100. The van der Waals surface area contributed by atoms with Gasteiger partial charge in [0.25, 0.3) is 17.0 Å². The number of β-amino-alcohol motifs (C(OH)–C–C–N with tert-alkyl or cyclic N) is 1. The fraction of sp³-hybridized carbons (Fsp3) is 0.172. The number of aryl methyl sites for hydroxylation is 3. The second-order valence-corrected chi connectivity index (χ2v) is 35.5. The summed E-state index contributed by atoms with van der Waals surface area (Å²) in [5.41, 5.74) is 35.6. The number of benzene rings is 6. The first-order chi connectivity index (χ1) is 69.0. The van der Waals surface area contributed by atoms with Gasteiger partial charge in [0, 0.05) is 157 Å². The van der Waals surface area contributed by atoms with Crippen LogP contribution in [-0.2, 0) is 44.4 Å². The molecule has 5 amide bonds. The van der Waals surface area contributed by atoms with Crippen molar-refractivity contribution in [3.8, 4) is 84.3 Å². The number of thiazole rings is 1. The Balaban J connectivity index is 0.000000131. The zero-order valence-electron chi connectivity index (χ0n) is 77.0. The molecule has 1 unspecified atom stereocenters. The van der Waals surface area contributed by atoms with Crippen molar-refractivity contribution in [3.05, 3.63) is 271 Å². The third kappa shape index (κ3) is 22.5. The molecule has 0 radical (unpaired) electrons. The van der Waals surface area contributed by atoms with Gasteiger partial charge in [-0.2, -0.15) is 10.2 Å². The molecule has 12 aromatic heterocycles. The largest absolute Gasteiger partial charge is 0.462 e. The van der Waals surface area contributed by atoms with Crippen LogP contribution in [0.5, 0.6) is 0 Å². The number of rotatable bonds is 22. The summed E-state index contributed by atoms with van der Waals surface area (Å²) >= 11 is 21.0. The summed E-state index contributed by atoms with van der Waals surface area (Å²) in [7, 11) is 5.45. The summed E-state index contributed by atoms with van der Waals surface area (Å²) in [6.45, 7) is 5.61. The van der Waals surface area contributed by atoms with E-state index >= 15 is 0 Å². The number of H-pyrrole nitrogens is 2. The first-order valence-electron chi connectivity index (χ1n) is 44.6. The second-order valence-electron chi connectivity index (χ2n) is 33.0. The molecule has 40 nitrogen and oxygen atoms in total. The lowest BCUT2D eigenvalue weighted by atomic mass is 10.0. The molecule has 18 aromatic rings. The van der Waals surface area contributed by atoms with E-state index in [1.165, 1.54) is 22.0 Å². The van der Waals surface area contributed by atoms with E-state index in [1.54, 1.807) is 194 Å². The first kappa shape index (κ1) is 97.4. The average Bonchev–Trinajstić information content (AvgIpc) is 1.77. The maximum absolute atomic E-state index is 12.9. The number of nitrogens with two attached hydrogens (primary N) is 4. The molecule has 1 atom stereocenters. The number of aromatic nitrogens is 19. The van der Waals surface area contributed by atoms with Crippen LogP contribution in [0.25, 0.3) is 128 Å². The predicted octanol–water partition coefficient (Wildman–Crippen LogP) is 13.7. The lowest BCUT2D eigenvalue weighted by Gasteiger charge is -2.26. The molecule has 14 heterocycles. The van der Waals surface area contributed by atoms with Gasteiger partial charge in [-0.1, -0.05) is 71.2 Å². The van der Waals surface area contributed by atoms with E-state index in [0.717, 1.165) is 45.0 Å². The van der Waals surface area contributed by atoms with Crippen molar-refractivity contribution in [1.29, 1.82) is 0 Å². The van der Waals surface area contributed by atoms with Crippen LogP contribution in [-0.4, -0.2) is 197 Å². The average molecular weight is 2000 g/mol. The van der Waals surface area contributed by atoms with E-state index in [9.17, 15) is 43.5 Å². The third-order valence-corrected chi connectivity index (χ3v) is 24.6. The number of nitrogens with one attached hydrogen (secondary N) is 7. The number of imidazole rings is 1. The quantitative estimate of drug-likeness (QED) is 0.0280. The molecule has 16 N–H and O–H groups in total. The van der Waals surface area contributed by atoms with Crippen LogP contribution in [0.2, 0.25) is 15.1 Å². The number of aliphatic hydroxyl groups is 1. The zero-order valence-corrected chi connectivity index (χ0v) is 80.1. The Morgan fingerprint density at radius 2 is 1.17 bits per heavy atom. The third-order valence-electron chi connectivity index (χ3n) is 22.8. The van der Waals surface area contributed by atoms with E-state index in [2.05, 4.69) is 102 Å². The maximum Gasteiger partial charge on any atom is 0.338 e. The molecule has 143 heavy (non-hydrogen) atoms. The molecule has 6 aromatic carbocycles. The number of nitrogens with zero attached hydrogens (tertiary/aromatic N) is 19.